The number of amides is 2. The first kappa shape index (κ1) is 38.1. The van der Waals surface area contributed by atoms with Crippen LogP contribution in [0.5, 0.6) is 0 Å². The Morgan fingerprint density at radius 1 is 0.542 bits per heavy atom. The monoisotopic (exact) mass is 787 g/mol. The zero-order valence-corrected chi connectivity index (χ0v) is 31.0. The van der Waals surface area contributed by atoms with Gasteiger partial charge in [-0.2, -0.15) is 0 Å². The van der Waals surface area contributed by atoms with E-state index in [0.717, 1.165) is 11.2 Å². The topological polar surface area (TPSA) is 169 Å². The van der Waals surface area contributed by atoms with E-state index in [9.17, 15) is 24.0 Å². The van der Waals surface area contributed by atoms with Gasteiger partial charge >= 0.3 is 17.9 Å². The van der Waals surface area contributed by atoms with Crippen LogP contribution in [0.25, 0.3) is 11.2 Å². The maximum absolute atomic E-state index is 14.1. The van der Waals surface area contributed by atoms with Crippen LogP contribution >= 0.6 is 0 Å². The molecule has 4 atom stereocenters. The molecule has 0 saturated carbocycles. The highest BCUT2D eigenvalue weighted by Crippen LogP contribution is 2.38. The molecule has 3 heterocycles. The van der Waals surface area contributed by atoms with Gasteiger partial charge in [-0.3, -0.25) is 14.2 Å². The number of anilines is 1. The lowest BCUT2D eigenvalue weighted by Crippen LogP contribution is -2.41. The van der Waals surface area contributed by atoms with Gasteiger partial charge in [-0.05, 0) is 60.7 Å². The zero-order valence-electron chi connectivity index (χ0n) is 31.0. The molecule has 0 aliphatic carbocycles. The molecule has 0 radical (unpaired) electrons. The molecule has 1 fully saturated rings. The van der Waals surface area contributed by atoms with Gasteiger partial charge in [-0.25, -0.2) is 34.2 Å². The molecule has 59 heavy (non-hydrogen) atoms. The predicted molar refractivity (Wildman–Crippen MR) is 211 cm³/mol. The molecule has 2 amide bonds. The molecular formula is C45H33N5O9. The van der Waals surface area contributed by atoms with E-state index in [2.05, 4.69) is 15.0 Å². The van der Waals surface area contributed by atoms with Crippen LogP contribution in [-0.2, 0) is 18.9 Å². The maximum atomic E-state index is 14.1. The first-order chi connectivity index (χ1) is 28.9. The van der Waals surface area contributed by atoms with Gasteiger partial charge in [-0.15, -0.1) is 0 Å². The van der Waals surface area contributed by atoms with E-state index >= 15 is 0 Å². The van der Waals surface area contributed by atoms with E-state index in [-0.39, 0.29) is 44.8 Å². The maximum Gasteiger partial charge on any atom is 0.338 e. The largest absolute Gasteiger partial charge is 0.459 e. The highest BCUT2D eigenvalue weighted by atomic mass is 16.7. The second-order valence-corrected chi connectivity index (χ2v) is 13.2. The number of ether oxygens (including phenoxy) is 4. The van der Waals surface area contributed by atoms with Crippen molar-refractivity contribution in [1.82, 2.24) is 19.5 Å². The van der Waals surface area contributed by atoms with Gasteiger partial charge in [0, 0.05) is 11.1 Å². The first-order valence-corrected chi connectivity index (χ1v) is 18.4. The quantitative estimate of drug-likeness (QED) is 0.0792. The minimum atomic E-state index is -1.39. The van der Waals surface area contributed by atoms with Crippen molar-refractivity contribution in [3.63, 3.8) is 0 Å². The zero-order chi connectivity index (χ0) is 40.7. The number of carbonyl (C=O) groups excluding carboxylic acids is 5. The number of aromatic nitrogens is 4. The van der Waals surface area contributed by atoms with E-state index in [1.807, 2.05) is 0 Å². The molecule has 2 aromatic heterocycles. The number of imide groups is 1. The third-order valence-electron chi connectivity index (χ3n) is 9.45. The van der Waals surface area contributed by atoms with Gasteiger partial charge in [0.2, 0.25) is 0 Å². The summed E-state index contributed by atoms with van der Waals surface area (Å²) in [4.78, 5) is 83.2. The summed E-state index contributed by atoms with van der Waals surface area (Å²) in [5.74, 6) is -3.66. The third-order valence-corrected chi connectivity index (χ3v) is 9.45. The Morgan fingerprint density at radius 3 is 1.47 bits per heavy atom. The van der Waals surface area contributed by atoms with Crippen molar-refractivity contribution >= 4 is 46.7 Å². The number of rotatable bonds is 11. The summed E-state index contributed by atoms with van der Waals surface area (Å²) >= 11 is 0. The molecule has 1 aliphatic heterocycles. The summed E-state index contributed by atoms with van der Waals surface area (Å²) in [5.41, 5.74) is 1.21. The van der Waals surface area contributed by atoms with Gasteiger partial charge in [0.1, 0.15) is 19.0 Å². The molecule has 1 saturated heterocycles. The van der Waals surface area contributed by atoms with Crippen molar-refractivity contribution in [2.24, 2.45) is 0 Å². The molecule has 0 spiro atoms. The molecule has 8 rings (SSSR count). The van der Waals surface area contributed by atoms with Gasteiger partial charge in [0.15, 0.2) is 35.4 Å². The number of carbonyl (C=O) groups is 5. The molecule has 14 heteroatoms. The van der Waals surface area contributed by atoms with Gasteiger partial charge in [0.05, 0.1) is 23.0 Å². The molecule has 1 aliphatic rings. The van der Waals surface area contributed by atoms with Crippen molar-refractivity contribution in [2.75, 3.05) is 11.5 Å². The fourth-order valence-corrected chi connectivity index (χ4v) is 6.57. The van der Waals surface area contributed by atoms with Crippen LogP contribution in [0.1, 0.15) is 58.0 Å². The summed E-state index contributed by atoms with van der Waals surface area (Å²) in [7, 11) is 0. The Balaban J connectivity index is 1.21. The normalized spacial score (nSPS) is 17.2. The third kappa shape index (κ3) is 8.06. The van der Waals surface area contributed by atoms with Crippen LogP contribution in [0, 0.1) is 0 Å². The summed E-state index contributed by atoms with van der Waals surface area (Å²) < 4.78 is 25.8. The van der Waals surface area contributed by atoms with Crippen LogP contribution in [0.3, 0.4) is 0 Å². The van der Waals surface area contributed by atoms with Crippen LogP contribution in [0.2, 0.25) is 0 Å². The number of hydrogen-bond donors (Lipinski definition) is 0. The highest BCUT2D eigenvalue weighted by molar-refractivity contribution is 6.27. The SMILES string of the molecule is O=C(OC[C@H]1O[C@@H](n2cnc3c(N(C(=O)c4ccccc4)C(=O)c4ccccc4)ncnc32)[C@@H](OC(=O)c2ccccc2)[C@@H]1OC(=O)c1ccccc1)c1ccccc1. The van der Waals surface area contributed by atoms with E-state index in [1.165, 1.54) is 10.9 Å². The van der Waals surface area contributed by atoms with Crippen molar-refractivity contribution in [2.45, 2.75) is 24.5 Å². The minimum Gasteiger partial charge on any atom is -0.459 e. The molecule has 292 valence electrons. The fourth-order valence-electron chi connectivity index (χ4n) is 6.57. The lowest BCUT2D eigenvalue weighted by atomic mass is 10.1. The van der Waals surface area contributed by atoms with E-state index in [4.69, 9.17) is 18.9 Å². The molecule has 0 bridgehead atoms. The molecule has 7 aromatic rings. The van der Waals surface area contributed by atoms with Crippen molar-refractivity contribution in [1.29, 1.82) is 0 Å². The summed E-state index contributed by atoms with van der Waals surface area (Å²) in [6.07, 6.45) is -2.76. The first-order valence-electron chi connectivity index (χ1n) is 18.4. The number of fused-ring (bicyclic) bond motifs is 1. The Kier molecular flexibility index (Phi) is 11.0. The molecule has 14 nitrogen and oxygen atoms in total. The average molecular weight is 788 g/mol. The number of esters is 3. The Morgan fingerprint density at radius 2 is 0.983 bits per heavy atom. The van der Waals surface area contributed by atoms with Crippen molar-refractivity contribution in [3.05, 3.63) is 192 Å². The lowest BCUT2D eigenvalue weighted by molar-refractivity contribution is -0.0606. The van der Waals surface area contributed by atoms with Gasteiger partial charge in [-0.1, -0.05) is 91.0 Å². The van der Waals surface area contributed by atoms with Crippen LogP contribution in [0.4, 0.5) is 5.82 Å². The number of imidazole rings is 1. The summed E-state index contributed by atoms with van der Waals surface area (Å²) in [6.45, 7) is -0.422. The Labute approximate surface area is 336 Å². The van der Waals surface area contributed by atoms with Crippen molar-refractivity contribution < 1.29 is 42.9 Å². The standard InChI is InChI=1S/C45H33N5O9/c51-40(29-16-6-1-7-17-29)50(41(52)30-18-8-2-9-19-30)39-35-38(46-27-47-39)49(28-48-35)42-37(59-45(55)33-24-14-5-15-25-33)36(58-44(54)32-22-12-4-13-23-32)34(57-42)26-56-43(53)31-20-10-3-11-21-31/h1-25,27-28,34,36-37,42H,26H2/t34-,36-,37+,42-/m1/s1. The number of benzene rings is 5. The van der Waals surface area contributed by atoms with Gasteiger partial charge in [0.25, 0.3) is 11.8 Å². The molecule has 5 aromatic carbocycles. The Bertz CT molecular complexity index is 2560. The number of hydrogen-bond acceptors (Lipinski definition) is 12. The van der Waals surface area contributed by atoms with Crippen LogP contribution in [-0.4, -0.2) is 74.2 Å². The molecular weight excluding hydrogens is 755 g/mol. The summed E-state index contributed by atoms with van der Waals surface area (Å²) in [6, 6.07) is 41.2. The smallest absolute Gasteiger partial charge is 0.338 e. The predicted octanol–water partition coefficient (Wildman–Crippen LogP) is 6.52. The summed E-state index contributed by atoms with van der Waals surface area (Å²) in [5, 5.41) is 0. The lowest BCUT2D eigenvalue weighted by Gasteiger charge is -2.25. The van der Waals surface area contributed by atoms with Crippen LogP contribution in [0.15, 0.2) is 164 Å². The van der Waals surface area contributed by atoms with Crippen LogP contribution < -0.4 is 4.90 Å². The second-order valence-electron chi connectivity index (χ2n) is 13.2. The van der Waals surface area contributed by atoms with Crippen molar-refractivity contribution in [3.8, 4) is 0 Å². The molecule has 0 unspecified atom stereocenters. The van der Waals surface area contributed by atoms with E-state index in [0.29, 0.717) is 0 Å². The van der Waals surface area contributed by atoms with E-state index in [1.54, 1.807) is 152 Å². The van der Waals surface area contributed by atoms with Gasteiger partial charge < -0.3 is 18.9 Å². The number of nitrogens with zero attached hydrogens (tertiary/aromatic N) is 5. The fraction of sp³-hybridized carbons (Fsp3) is 0.111. The highest BCUT2D eigenvalue weighted by Gasteiger charge is 2.52. The second kappa shape index (κ2) is 17.1. The average Bonchev–Trinajstić information content (AvgIpc) is 3.88. The molecule has 0 N–H and O–H groups in total. The van der Waals surface area contributed by atoms with E-state index < -0.39 is 60.9 Å². The minimum absolute atomic E-state index is 0.0228. The Hall–Kier alpha value is -7.84.